The zero-order valence-corrected chi connectivity index (χ0v) is 11.3. The maximum Gasteiger partial charge on any atom is 0.168 e. The molecule has 0 unspecified atom stereocenters. The number of nitrogens with zero attached hydrogens (tertiary/aromatic N) is 3. The molecule has 0 radical (unpaired) electrons. The summed E-state index contributed by atoms with van der Waals surface area (Å²) in [6.07, 6.45) is 0. The molecule has 5 heteroatoms. The fourth-order valence-corrected chi connectivity index (χ4v) is 2.21. The number of halogens is 2. The molecule has 0 aliphatic heterocycles. The van der Waals surface area contributed by atoms with Gasteiger partial charge < -0.3 is 0 Å². The van der Waals surface area contributed by atoms with Crippen molar-refractivity contribution in [2.24, 2.45) is 0 Å². The Morgan fingerprint density at radius 3 is 2.30 bits per heavy atom. The lowest BCUT2D eigenvalue weighted by molar-refractivity contribution is 0.628. The van der Waals surface area contributed by atoms with E-state index < -0.39 is 0 Å². The summed E-state index contributed by atoms with van der Waals surface area (Å²) in [7, 11) is 0. The van der Waals surface area contributed by atoms with Gasteiger partial charge in [-0.1, -0.05) is 18.2 Å². The molecule has 0 bridgehead atoms. The van der Waals surface area contributed by atoms with Gasteiger partial charge in [0.1, 0.15) is 5.82 Å². The molecule has 100 valence electrons. The van der Waals surface area contributed by atoms with Crippen molar-refractivity contribution in [3.05, 3.63) is 66.2 Å². The highest BCUT2D eigenvalue weighted by Gasteiger charge is 2.14. The lowest BCUT2D eigenvalue weighted by atomic mass is 10.2. The third-order valence-corrected chi connectivity index (χ3v) is 3.21. The van der Waals surface area contributed by atoms with Gasteiger partial charge in [-0.25, -0.2) is 4.39 Å². The third-order valence-electron chi connectivity index (χ3n) is 2.97. The molecule has 0 aliphatic rings. The standard InChI is InChI=1S/C15H11ClFN3/c16-10-14-18-19-15(11-6-8-12(17)9-7-11)20(14)13-4-2-1-3-5-13/h1-9H,10H2. The highest BCUT2D eigenvalue weighted by atomic mass is 35.5. The van der Waals surface area contributed by atoms with Crippen molar-refractivity contribution in [2.75, 3.05) is 0 Å². The topological polar surface area (TPSA) is 30.7 Å². The predicted octanol–water partition coefficient (Wildman–Crippen LogP) is 3.81. The van der Waals surface area contributed by atoms with Crippen molar-refractivity contribution in [1.29, 1.82) is 0 Å². The summed E-state index contributed by atoms with van der Waals surface area (Å²) in [5.74, 6) is 1.27. The molecule has 20 heavy (non-hydrogen) atoms. The summed E-state index contributed by atoms with van der Waals surface area (Å²) in [5, 5.41) is 8.27. The van der Waals surface area contributed by atoms with Crippen LogP contribution in [-0.2, 0) is 5.88 Å². The summed E-state index contributed by atoms with van der Waals surface area (Å²) in [6, 6.07) is 15.9. The van der Waals surface area contributed by atoms with Crippen LogP contribution in [0.3, 0.4) is 0 Å². The minimum absolute atomic E-state index is 0.253. The van der Waals surface area contributed by atoms with E-state index in [4.69, 9.17) is 11.6 Å². The highest BCUT2D eigenvalue weighted by Crippen LogP contribution is 2.23. The fraction of sp³-hybridized carbons (Fsp3) is 0.0667. The van der Waals surface area contributed by atoms with Crippen LogP contribution >= 0.6 is 11.6 Å². The number of rotatable bonds is 3. The molecule has 3 aromatic rings. The van der Waals surface area contributed by atoms with Gasteiger partial charge in [0.05, 0.1) is 5.88 Å². The molecule has 0 saturated heterocycles. The van der Waals surface area contributed by atoms with E-state index in [0.717, 1.165) is 11.3 Å². The Balaban J connectivity index is 2.17. The predicted molar refractivity (Wildman–Crippen MR) is 76.3 cm³/mol. The molecule has 0 fully saturated rings. The zero-order valence-electron chi connectivity index (χ0n) is 10.5. The van der Waals surface area contributed by atoms with Crippen LogP contribution in [0.15, 0.2) is 54.6 Å². The van der Waals surface area contributed by atoms with Crippen molar-refractivity contribution in [3.8, 4) is 17.1 Å². The van der Waals surface area contributed by atoms with E-state index in [1.807, 2.05) is 34.9 Å². The van der Waals surface area contributed by atoms with Crippen LogP contribution in [0.25, 0.3) is 17.1 Å². The van der Waals surface area contributed by atoms with Crippen LogP contribution in [0.5, 0.6) is 0 Å². The van der Waals surface area contributed by atoms with Crippen molar-refractivity contribution in [1.82, 2.24) is 14.8 Å². The molecule has 3 nitrogen and oxygen atoms in total. The number of para-hydroxylation sites is 1. The van der Waals surface area contributed by atoms with Crippen molar-refractivity contribution >= 4 is 11.6 Å². The monoisotopic (exact) mass is 287 g/mol. The molecule has 0 spiro atoms. The van der Waals surface area contributed by atoms with Crippen molar-refractivity contribution in [3.63, 3.8) is 0 Å². The molecule has 1 heterocycles. The average molecular weight is 288 g/mol. The molecule has 2 aromatic carbocycles. The van der Waals surface area contributed by atoms with Crippen LogP contribution in [0, 0.1) is 5.82 Å². The maximum atomic E-state index is 13.0. The van der Waals surface area contributed by atoms with E-state index in [0.29, 0.717) is 11.6 Å². The fourth-order valence-electron chi connectivity index (χ4n) is 2.04. The van der Waals surface area contributed by atoms with Crippen molar-refractivity contribution < 1.29 is 4.39 Å². The minimum atomic E-state index is -0.280. The highest BCUT2D eigenvalue weighted by molar-refractivity contribution is 6.16. The molecule has 3 rings (SSSR count). The smallest absolute Gasteiger partial charge is 0.168 e. The molecule has 0 aliphatic carbocycles. The van der Waals surface area contributed by atoms with Crippen LogP contribution in [0.4, 0.5) is 4.39 Å². The van der Waals surface area contributed by atoms with Crippen LogP contribution in [-0.4, -0.2) is 14.8 Å². The van der Waals surface area contributed by atoms with Gasteiger partial charge in [0.25, 0.3) is 0 Å². The Morgan fingerprint density at radius 2 is 1.65 bits per heavy atom. The Labute approximate surface area is 120 Å². The molecule has 0 amide bonds. The molecular weight excluding hydrogens is 277 g/mol. The van der Waals surface area contributed by atoms with Gasteiger partial charge in [0.15, 0.2) is 11.6 Å². The normalized spacial score (nSPS) is 10.7. The second kappa shape index (κ2) is 5.43. The van der Waals surface area contributed by atoms with Gasteiger partial charge in [-0.05, 0) is 36.4 Å². The summed E-state index contributed by atoms with van der Waals surface area (Å²) in [5.41, 5.74) is 1.71. The maximum absolute atomic E-state index is 13.0. The minimum Gasteiger partial charge on any atom is -0.278 e. The van der Waals surface area contributed by atoms with Crippen LogP contribution < -0.4 is 0 Å². The van der Waals surface area contributed by atoms with Gasteiger partial charge in [0.2, 0.25) is 0 Å². The van der Waals surface area contributed by atoms with Crippen LogP contribution in [0.1, 0.15) is 5.82 Å². The Morgan fingerprint density at radius 1 is 0.950 bits per heavy atom. The quantitative estimate of drug-likeness (QED) is 0.686. The molecule has 0 N–H and O–H groups in total. The second-order valence-electron chi connectivity index (χ2n) is 4.25. The lowest BCUT2D eigenvalue weighted by Gasteiger charge is -2.09. The number of aromatic nitrogens is 3. The average Bonchev–Trinajstić information content (AvgIpc) is 2.93. The molecule has 1 aromatic heterocycles. The summed E-state index contributed by atoms with van der Waals surface area (Å²) >= 11 is 5.92. The third kappa shape index (κ3) is 2.30. The lowest BCUT2D eigenvalue weighted by Crippen LogP contribution is -2.01. The zero-order chi connectivity index (χ0) is 13.9. The first-order valence-corrected chi connectivity index (χ1v) is 6.64. The Bertz CT molecular complexity index is 708. The second-order valence-corrected chi connectivity index (χ2v) is 4.52. The largest absolute Gasteiger partial charge is 0.278 e. The summed E-state index contributed by atoms with van der Waals surface area (Å²) < 4.78 is 14.9. The summed E-state index contributed by atoms with van der Waals surface area (Å²) in [4.78, 5) is 0. The number of benzene rings is 2. The Hall–Kier alpha value is -2.20. The molecular formula is C15H11ClFN3. The van der Waals surface area contributed by atoms with Gasteiger partial charge in [-0.15, -0.1) is 21.8 Å². The van der Waals surface area contributed by atoms with E-state index in [2.05, 4.69) is 10.2 Å². The van der Waals surface area contributed by atoms with Gasteiger partial charge in [0, 0.05) is 11.3 Å². The first-order chi connectivity index (χ1) is 9.79. The first kappa shape index (κ1) is 12.8. The van der Waals surface area contributed by atoms with Crippen molar-refractivity contribution in [2.45, 2.75) is 5.88 Å². The molecule has 0 saturated carbocycles. The van der Waals surface area contributed by atoms with Gasteiger partial charge in [-0.3, -0.25) is 4.57 Å². The number of alkyl halides is 1. The van der Waals surface area contributed by atoms with E-state index in [1.54, 1.807) is 12.1 Å². The van der Waals surface area contributed by atoms with E-state index in [9.17, 15) is 4.39 Å². The Kier molecular flexibility index (Phi) is 3.48. The van der Waals surface area contributed by atoms with E-state index in [1.165, 1.54) is 12.1 Å². The SMILES string of the molecule is Fc1ccc(-c2nnc(CCl)n2-c2ccccc2)cc1. The van der Waals surface area contributed by atoms with E-state index in [-0.39, 0.29) is 11.7 Å². The number of hydrogen-bond donors (Lipinski definition) is 0. The molecule has 0 atom stereocenters. The van der Waals surface area contributed by atoms with Gasteiger partial charge >= 0.3 is 0 Å². The van der Waals surface area contributed by atoms with Crippen LogP contribution in [0.2, 0.25) is 0 Å². The number of hydrogen-bond acceptors (Lipinski definition) is 2. The first-order valence-electron chi connectivity index (χ1n) is 6.11. The van der Waals surface area contributed by atoms with Gasteiger partial charge in [-0.2, -0.15) is 0 Å². The van der Waals surface area contributed by atoms with E-state index >= 15 is 0 Å². The summed E-state index contributed by atoms with van der Waals surface area (Å²) in [6.45, 7) is 0.